The van der Waals surface area contributed by atoms with Crippen molar-refractivity contribution in [2.24, 2.45) is 0 Å². The van der Waals surface area contributed by atoms with E-state index in [1.54, 1.807) is 47.4 Å². The van der Waals surface area contributed by atoms with E-state index in [-0.39, 0.29) is 17.9 Å². The lowest BCUT2D eigenvalue weighted by Crippen LogP contribution is -2.46. The lowest BCUT2D eigenvalue weighted by molar-refractivity contribution is -0.0715. The first kappa shape index (κ1) is 21.7. The number of imidazole rings is 1. The summed E-state index contributed by atoms with van der Waals surface area (Å²) in [6, 6.07) is 21.6. The fraction of sp³-hybridized carbons (Fsp3) is 0.192. The zero-order chi connectivity index (χ0) is 24.0. The number of fused-ring (bicyclic) bond motifs is 2. The van der Waals surface area contributed by atoms with Crippen LogP contribution in [0.3, 0.4) is 0 Å². The van der Waals surface area contributed by atoms with Crippen LogP contribution >= 0.6 is 0 Å². The number of nitrogens with zero attached hydrogens (tertiary/aromatic N) is 3. The first-order valence-electron chi connectivity index (χ1n) is 11.0. The maximum absolute atomic E-state index is 13.7. The summed E-state index contributed by atoms with van der Waals surface area (Å²) in [7, 11) is 1.40. The van der Waals surface area contributed by atoms with Gasteiger partial charge in [-0.05, 0) is 30.2 Å². The van der Waals surface area contributed by atoms with Gasteiger partial charge in [-0.25, -0.2) is 9.78 Å². The Morgan fingerprint density at radius 1 is 1.12 bits per heavy atom. The van der Waals surface area contributed by atoms with Gasteiger partial charge in [0, 0.05) is 23.7 Å². The average molecular weight is 457 g/mol. The van der Waals surface area contributed by atoms with E-state index < -0.39 is 11.8 Å². The van der Waals surface area contributed by atoms with Gasteiger partial charge in [0.2, 0.25) is 5.95 Å². The zero-order valence-corrected chi connectivity index (χ0v) is 18.8. The number of hydrogen-bond donors (Lipinski definition) is 3. The topological polar surface area (TPSA) is 110 Å². The molecule has 8 heteroatoms. The Bertz CT molecular complexity index is 1400. The highest BCUT2D eigenvalue weighted by Gasteiger charge is 2.52. The Balaban J connectivity index is 1.69. The Morgan fingerprint density at radius 3 is 2.53 bits per heavy atom. The monoisotopic (exact) mass is 456 g/mol. The van der Waals surface area contributed by atoms with Gasteiger partial charge in [-0.2, -0.15) is 0 Å². The van der Waals surface area contributed by atoms with Crippen molar-refractivity contribution in [3.8, 4) is 0 Å². The third-order valence-corrected chi connectivity index (χ3v) is 6.46. The Labute approximate surface area is 196 Å². The fourth-order valence-corrected chi connectivity index (χ4v) is 4.74. The third-order valence-electron chi connectivity index (χ3n) is 6.46. The van der Waals surface area contributed by atoms with E-state index in [9.17, 15) is 19.8 Å². The molecule has 0 fully saturated rings. The Kier molecular flexibility index (Phi) is 5.10. The number of H-pyrrole nitrogens is 1. The molecule has 172 valence electrons. The molecule has 0 saturated heterocycles. The molecule has 1 unspecified atom stereocenters. The van der Waals surface area contributed by atoms with Crippen LogP contribution in [-0.4, -0.2) is 44.1 Å². The van der Waals surface area contributed by atoms with Crippen molar-refractivity contribution >= 4 is 29.0 Å². The molecule has 34 heavy (non-hydrogen) atoms. The SMILES string of the molecule is CC[C@H](c1ccccc1)N1C(=O)c2ccccc2C1(O)c1ccc2[nH]c(N(C)C(=O)O)nc2c1. The van der Waals surface area contributed by atoms with Crippen LogP contribution in [0, 0.1) is 0 Å². The summed E-state index contributed by atoms with van der Waals surface area (Å²) in [6.07, 6.45) is -0.544. The van der Waals surface area contributed by atoms with Crippen LogP contribution in [0.25, 0.3) is 11.0 Å². The fourth-order valence-electron chi connectivity index (χ4n) is 4.74. The van der Waals surface area contributed by atoms with Gasteiger partial charge in [0.05, 0.1) is 17.1 Å². The van der Waals surface area contributed by atoms with Gasteiger partial charge < -0.3 is 15.2 Å². The average Bonchev–Trinajstić information content (AvgIpc) is 3.38. The van der Waals surface area contributed by atoms with Crippen molar-refractivity contribution in [1.82, 2.24) is 14.9 Å². The van der Waals surface area contributed by atoms with E-state index in [4.69, 9.17) is 0 Å². The van der Waals surface area contributed by atoms with Crippen LogP contribution in [-0.2, 0) is 5.72 Å². The van der Waals surface area contributed by atoms with Crippen molar-refractivity contribution in [2.45, 2.75) is 25.1 Å². The molecule has 0 saturated carbocycles. The van der Waals surface area contributed by atoms with Crippen molar-refractivity contribution in [1.29, 1.82) is 0 Å². The minimum atomic E-state index is -1.73. The summed E-state index contributed by atoms with van der Waals surface area (Å²) in [5.41, 5.74) is 1.74. The largest absolute Gasteiger partial charge is 0.465 e. The molecule has 0 aliphatic carbocycles. The number of rotatable bonds is 5. The Hall–Kier alpha value is -4.17. The van der Waals surface area contributed by atoms with Crippen LogP contribution in [0.2, 0.25) is 0 Å². The number of carboxylic acid groups (broad SMARTS) is 1. The number of carbonyl (C=O) groups is 2. The molecule has 3 aromatic carbocycles. The van der Waals surface area contributed by atoms with Crippen LogP contribution in [0.4, 0.5) is 10.7 Å². The number of carbonyl (C=O) groups excluding carboxylic acids is 1. The number of anilines is 1. The normalized spacial score (nSPS) is 18.2. The van der Waals surface area contributed by atoms with Crippen molar-refractivity contribution in [2.75, 3.05) is 11.9 Å². The number of hydrogen-bond acceptors (Lipinski definition) is 4. The van der Waals surface area contributed by atoms with E-state index >= 15 is 0 Å². The standard InChI is InChI=1S/C26H24N4O4/c1-3-22(16-9-5-4-6-10-16)30-23(31)18-11-7-8-12-19(18)26(30,34)17-13-14-20-21(15-17)28-24(27-20)29(2)25(32)33/h4-15,22,34H,3H2,1-2H3,(H,27,28)(H,32,33)/t22-,26?/m1/s1. The van der Waals surface area contributed by atoms with Gasteiger partial charge in [-0.15, -0.1) is 0 Å². The van der Waals surface area contributed by atoms with E-state index in [1.165, 1.54) is 7.05 Å². The second kappa shape index (κ2) is 8.00. The van der Waals surface area contributed by atoms with Crippen LogP contribution < -0.4 is 4.90 Å². The quantitative estimate of drug-likeness (QED) is 0.410. The minimum absolute atomic E-state index is 0.169. The first-order valence-corrected chi connectivity index (χ1v) is 11.0. The first-order chi connectivity index (χ1) is 16.4. The summed E-state index contributed by atoms with van der Waals surface area (Å²) >= 11 is 0. The number of nitrogens with one attached hydrogen (secondary N) is 1. The van der Waals surface area contributed by atoms with E-state index in [2.05, 4.69) is 9.97 Å². The summed E-state index contributed by atoms with van der Waals surface area (Å²) in [4.78, 5) is 34.9. The van der Waals surface area contributed by atoms with Gasteiger partial charge in [0.1, 0.15) is 0 Å². The van der Waals surface area contributed by atoms with Crippen molar-refractivity contribution in [3.05, 3.63) is 95.1 Å². The number of aliphatic hydroxyl groups is 1. The highest BCUT2D eigenvalue weighted by Crippen LogP contribution is 2.47. The molecule has 0 spiro atoms. The predicted molar refractivity (Wildman–Crippen MR) is 128 cm³/mol. The summed E-state index contributed by atoms with van der Waals surface area (Å²) in [5.74, 6) is -0.0793. The summed E-state index contributed by atoms with van der Waals surface area (Å²) in [5, 5.41) is 21.6. The van der Waals surface area contributed by atoms with Crippen LogP contribution in [0.5, 0.6) is 0 Å². The molecule has 2 atom stereocenters. The molecule has 8 nitrogen and oxygen atoms in total. The molecule has 1 aliphatic heterocycles. The second-order valence-corrected chi connectivity index (χ2v) is 8.36. The van der Waals surface area contributed by atoms with E-state index in [1.807, 2.05) is 37.3 Å². The number of aromatic nitrogens is 2. The molecule has 0 radical (unpaired) electrons. The molecule has 4 aromatic rings. The van der Waals surface area contributed by atoms with Gasteiger partial charge in [0.15, 0.2) is 5.72 Å². The van der Waals surface area contributed by atoms with Gasteiger partial charge in [0.25, 0.3) is 5.91 Å². The lowest BCUT2D eigenvalue weighted by Gasteiger charge is -2.40. The molecular formula is C26H24N4O4. The molecule has 2 heterocycles. The van der Waals surface area contributed by atoms with Crippen LogP contribution in [0.15, 0.2) is 72.8 Å². The van der Waals surface area contributed by atoms with Gasteiger partial charge in [-0.3, -0.25) is 14.6 Å². The highest BCUT2D eigenvalue weighted by atomic mass is 16.4. The van der Waals surface area contributed by atoms with E-state index in [0.29, 0.717) is 34.1 Å². The van der Waals surface area contributed by atoms with Crippen LogP contribution in [0.1, 0.15) is 46.4 Å². The maximum Gasteiger partial charge on any atom is 0.413 e. The molecule has 3 N–H and O–H groups in total. The maximum atomic E-state index is 13.7. The smallest absolute Gasteiger partial charge is 0.413 e. The van der Waals surface area contributed by atoms with Crippen molar-refractivity contribution in [3.63, 3.8) is 0 Å². The molecular weight excluding hydrogens is 432 g/mol. The summed E-state index contributed by atoms with van der Waals surface area (Å²) in [6.45, 7) is 1.99. The molecule has 1 aromatic heterocycles. The predicted octanol–water partition coefficient (Wildman–Crippen LogP) is 4.48. The van der Waals surface area contributed by atoms with Gasteiger partial charge in [-0.1, -0.05) is 61.5 Å². The lowest BCUT2D eigenvalue weighted by atomic mass is 9.91. The second-order valence-electron chi connectivity index (χ2n) is 8.36. The third kappa shape index (κ3) is 3.14. The molecule has 2 amide bonds. The number of amides is 2. The molecule has 0 bridgehead atoms. The zero-order valence-electron chi connectivity index (χ0n) is 18.8. The van der Waals surface area contributed by atoms with Crippen molar-refractivity contribution < 1.29 is 19.8 Å². The molecule has 1 aliphatic rings. The van der Waals surface area contributed by atoms with E-state index in [0.717, 1.165) is 10.5 Å². The highest BCUT2D eigenvalue weighted by molar-refractivity contribution is 6.01. The minimum Gasteiger partial charge on any atom is -0.465 e. The summed E-state index contributed by atoms with van der Waals surface area (Å²) < 4.78 is 0. The molecule has 5 rings (SSSR count). The Morgan fingerprint density at radius 2 is 1.82 bits per heavy atom. The number of benzene rings is 3. The van der Waals surface area contributed by atoms with Gasteiger partial charge >= 0.3 is 6.09 Å². The number of aromatic amines is 1.